The summed E-state index contributed by atoms with van der Waals surface area (Å²) in [7, 11) is 0. The third kappa shape index (κ3) is 4.30. The number of nitrogens with one attached hydrogen (secondary N) is 2. The molecule has 0 fully saturated rings. The largest absolute Gasteiger partial charge is 0.332 e. The molecule has 2 aromatic carbocycles. The SMILES string of the molecule is CCC(C)c1ccc(NC(=S)Nc2c(F)c(F)c(Br)c(F)c2F)cc1. The summed E-state index contributed by atoms with van der Waals surface area (Å²) in [5, 5.41) is 4.67. The first-order valence-corrected chi connectivity index (χ1v) is 8.65. The van der Waals surface area contributed by atoms with Gasteiger partial charge in [0.2, 0.25) is 0 Å². The topological polar surface area (TPSA) is 24.1 Å². The maximum Gasteiger partial charge on any atom is 0.186 e. The van der Waals surface area contributed by atoms with Crippen LogP contribution >= 0.6 is 28.1 Å². The van der Waals surface area contributed by atoms with Crippen molar-refractivity contribution in [2.75, 3.05) is 10.6 Å². The Morgan fingerprint density at radius 2 is 1.52 bits per heavy atom. The molecule has 0 radical (unpaired) electrons. The van der Waals surface area contributed by atoms with Gasteiger partial charge in [0, 0.05) is 5.69 Å². The van der Waals surface area contributed by atoms with Crippen molar-refractivity contribution >= 4 is 44.6 Å². The summed E-state index contributed by atoms with van der Waals surface area (Å²) < 4.78 is 53.8. The van der Waals surface area contributed by atoms with Crippen molar-refractivity contribution in [1.29, 1.82) is 0 Å². The Kier molecular flexibility index (Phi) is 6.40. The number of benzene rings is 2. The van der Waals surface area contributed by atoms with Crippen LogP contribution in [0.5, 0.6) is 0 Å². The predicted molar refractivity (Wildman–Crippen MR) is 99.0 cm³/mol. The molecule has 0 aliphatic heterocycles. The number of rotatable bonds is 4. The minimum absolute atomic E-state index is 0.199. The van der Waals surface area contributed by atoms with Crippen LogP contribution in [0.4, 0.5) is 28.9 Å². The van der Waals surface area contributed by atoms with Gasteiger partial charge in [-0.05, 0) is 58.2 Å². The summed E-state index contributed by atoms with van der Waals surface area (Å²) in [6.45, 7) is 4.17. The molecule has 0 aromatic heterocycles. The van der Waals surface area contributed by atoms with Crippen molar-refractivity contribution in [2.45, 2.75) is 26.2 Å². The average molecular weight is 435 g/mol. The summed E-state index contributed by atoms with van der Waals surface area (Å²) in [6.07, 6.45) is 0.992. The van der Waals surface area contributed by atoms with Crippen molar-refractivity contribution in [2.24, 2.45) is 0 Å². The normalized spacial score (nSPS) is 12.0. The van der Waals surface area contributed by atoms with Crippen LogP contribution in [-0.2, 0) is 0 Å². The molecule has 0 heterocycles. The molecule has 0 saturated heterocycles. The summed E-state index contributed by atoms with van der Waals surface area (Å²) in [5.74, 6) is -5.82. The lowest BCUT2D eigenvalue weighted by molar-refractivity contribution is 0.452. The molecule has 1 unspecified atom stereocenters. The molecule has 25 heavy (non-hydrogen) atoms. The molecule has 134 valence electrons. The van der Waals surface area contributed by atoms with Gasteiger partial charge in [-0.25, -0.2) is 17.6 Å². The third-order valence-electron chi connectivity index (χ3n) is 3.80. The van der Waals surface area contributed by atoms with Crippen molar-refractivity contribution < 1.29 is 17.6 Å². The van der Waals surface area contributed by atoms with Crippen molar-refractivity contribution in [1.82, 2.24) is 0 Å². The van der Waals surface area contributed by atoms with Crippen LogP contribution in [0, 0.1) is 23.3 Å². The monoisotopic (exact) mass is 434 g/mol. The fourth-order valence-corrected chi connectivity index (χ4v) is 2.69. The number of thiocarbonyl (C=S) groups is 1. The second-order valence-electron chi connectivity index (χ2n) is 5.46. The molecule has 1 atom stereocenters. The van der Waals surface area contributed by atoms with Crippen molar-refractivity contribution in [3.8, 4) is 0 Å². The van der Waals surface area contributed by atoms with Gasteiger partial charge in [-0.1, -0.05) is 26.0 Å². The van der Waals surface area contributed by atoms with E-state index in [9.17, 15) is 17.6 Å². The fourth-order valence-electron chi connectivity index (χ4n) is 2.12. The van der Waals surface area contributed by atoms with E-state index in [1.165, 1.54) is 0 Å². The van der Waals surface area contributed by atoms with Gasteiger partial charge < -0.3 is 10.6 Å². The van der Waals surface area contributed by atoms with E-state index in [-0.39, 0.29) is 5.11 Å². The maximum absolute atomic E-state index is 13.8. The lowest BCUT2D eigenvalue weighted by Gasteiger charge is -2.14. The average Bonchev–Trinajstić information content (AvgIpc) is 2.62. The second-order valence-corrected chi connectivity index (χ2v) is 6.66. The van der Waals surface area contributed by atoms with E-state index in [0.717, 1.165) is 12.0 Å². The Balaban J connectivity index is 2.16. The first-order chi connectivity index (χ1) is 11.8. The number of halogens is 5. The van der Waals surface area contributed by atoms with E-state index in [2.05, 4.69) is 40.4 Å². The molecule has 2 nitrogen and oxygen atoms in total. The Labute approximate surface area is 156 Å². The van der Waals surface area contributed by atoms with Gasteiger partial charge in [-0.2, -0.15) is 0 Å². The lowest BCUT2D eigenvalue weighted by atomic mass is 9.99. The van der Waals surface area contributed by atoms with E-state index in [1.807, 2.05) is 12.1 Å². The van der Waals surface area contributed by atoms with E-state index in [0.29, 0.717) is 11.6 Å². The highest BCUT2D eigenvalue weighted by molar-refractivity contribution is 9.10. The first-order valence-electron chi connectivity index (χ1n) is 7.45. The Bertz CT molecular complexity index is 767. The Morgan fingerprint density at radius 1 is 1.00 bits per heavy atom. The van der Waals surface area contributed by atoms with Crippen LogP contribution in [0.3, 0.4) is 0 Å². The molecule has 2 N–H and O–H groups in total. The van der Waals surface area contributed by atoms with E-state index in [4.69, 9.17) is 12.2 Å². The van der Waals surface area contributed by atoms with E-state index >= 15 is 0 Å². The number of hydrogen-bond acceptors (Lipinski definition) is 1. The molecule has 8 heteroatoms. The highest BCUT2D eigenvalue weighted by Crippen LogP contribution is 2.31. The molecule has 0 aliphatic carbocycles. The second kappa shape index (κ2) is 8.14. The van der Waals surface area contributed by atoms with Crippen LogP contribution in [0.25, 0.3) is 0 Å². The van der Waals surface area contributed by atoms with Crippen LogP contribution in [0.15, 0.2) is 28.7 Å². The molecule has 0 spiro atoms. The highest BCUT2D eigenvalue weighted by atomic mass is 79.9. The Hall–Kier alpha value is -1.67. The molecule has 0 bridgehead atoms. The van der Waals surface area contributed by atoms with Gasteiger partial charge in [-0.3, -0.25) is 0 Å². The molecular formula is C17H15BrF4N2S. The number of hydrogen-bond donors (Lipinski definition) is 2. The molecular weight excluding hydrogens is 420 g/mol. The fraction of sp³-hybridized carbons (Fsp3) is 0.235. The minimum Gasteiger partial charge on any atom is -0.332 e. The molecule has 2 aromatic rings. The van der Waals surface area contributed by atoms with Gasteiger partial charge in [0.25, 0.3) is 0 Å². The summed E-state index contributed by atoms with van der Waals surface area (Å²) >= 11 is 7.40. The van der Waals surface area contributed by atoms with E-state index in [1.54, 1.807) is 12.1 Å². The molecule has 0 amide bonds. The zero-order valence-corrected chi connectivity index (χ0v) is 15.8. The maximum atomic E-state index is 13.8. The van der Waals surface area contributed by atoms with Crippen LogP contribution in [0.2, 0.25) is 0 Å². The zero-order chi connectivity index (χ0) is 18.7. The van der Waals surface area contributed by atoms with Gasteiger partial charge in [-0.15, -0.1) is 0 Å². The molecule has 0 aliphatic rings. The quantitative estimate of drug-likeness (QED) is 0.254. The predicted octanol–water partition coefficient (Wildman–Crippen LogP) is 6.33. The Morgan fingerprint density at radius 3 is 2.00 bits per heavy atom. The van der Waals surface area contributed by atoms with Crippen LogP contribution < -0.4 is 10.6 Å². The number of anilines is 2. The first kappa shape index (κ1) is 19.7. The van der Waals surface area contributed by atoms with Gasteiger partial charge in [0.1, 0.15) is 5.69 Å². The zero-order valence-electron chi connectivity index (χ0n) is 13.4. The highest BCUT2D eigenvalue weighted by Gasteiger charge is 2.24. The minimum atomic E-state index is -1.57. The lowest BCUT2D eigenvalue weighted by Crippen LogP contribution is -2.21. The van der Waals surface area contributed by atoms with E-state index < -0.39 is 33.4 Å². The summed E-state index contributed by atoms with van der Waals surface area (Å²) in [6, 6.07) is 7.31. The molecule has 2 rings (SSSR count). The third-order valence-corrected chi connectivity index (χ3v) is 4.70. The summed E-state index contributed by atoms with van der Waals surface area (Å²) in [4.78, 5) is 0. The standard InChI is InChI=1S/C17H15BrF4N2S/c1-3-8(2)9-4-6-10(7-5-9)23-17(25)24-16-14(21)12(19)11(18)13(20)15(16)22/h4-8H,3H2,1-2H3,(H2,23,24,25). The van der Waals surface area contributed by atoms with Crippen LogP contribution in [0.1, 0.15) is 31.7 Å². The van der Waals surface area contributed by atoms with Gasteiger partial charge in [0.15, 0.2) is 28.4 Å². The smallest absolute Gasteiger partial charge is 0.186 e. The van der Waals surface area contributed by atoms with Crippen molar-refractivity contribution in [3.63, 3.8) is 0 Å². The summed E-state index contributed by atoms with van der Waals surface area (Å²) in [5.41, 5.74) is 0.719. The van der Waals surface area contributed by atoms with Crippen molar-refractivity contribution in [3.05, 3.63) is 57.6 Å². The van der Waals surface area contributed by atoms with Gasteiger partial charge in [0.05, 0.1) is 4.47 Å². The molecule has 0 saturated carbocycles. The van der Waals surface area contributed by atoms with Crippen LogP contribution in [-0.4, -0.2) is 5.11 Å². The van der Waals surface area contributed by atoms with Gasteiger partial charge >= 0.3 is 0 Å².